The SMILES string of the molecule is Cc1ccc(C(C#N)C(=O)C2CCCO2)cc1C. The molecule has 0 aliphatic carbocycles. The number of ketones is 1. The summed E-state index contributed by atoms with van der Waals surface area (Å²) in [5, 5.41) is 9.24. The van der Waals surface area contributed by atoms with E-state index < -0.39 is 12.0 Å². The zero-order valence-corrected chi connectivity index (χ0v) is 10.8. The van der Waals surface area contributed by atoms with Crippen LogP contribution in [-0.2, 0) is 9.53 Å². The van der Waals surface area contributed by atoms with Crippen LogP contribution in [0.1, 0.15) is 35.4 Å². The average molecular weight is 243 g/mol. The number of Topliss-reactive ketones (excluding diaryl/α,β-unsaturated/α-hetero) is 1. The van der Waals surface area contributed by atoms with Crippen molar-refractivity contribution in [3.63, 3.8) is 0 Å². The van der Waals surface area contributed by atoms with E-state index in [2.05, 4.69) is 6.07 Å². The first-order valence-electron chi connectivity index (χ1n) is 6.25. The van der Waals surface area contributed by atoms with Crippen LogP contribution in [0.4, 0.5) is 0 Å². The van der Waals surface area contributed by atoms with E-state index in [-0.39, 0.29) is 5.78 Å². The molecule has 0 amide bonds. The van der Waals surface area contributed by atoms with Gasteiger partial charge in [0.2, 0.25) is 0 Å². The number of ether oxygens (including phenoxy) is 1. The third-order valence-corrected chi connectivity index (χ3v) is 3.52. The summed E-state index contributed by atoms with van der Waals surface area (Å²) in [6.45, 7) is 4.63. The zero-order chi connectivity index (χ0) is 13.1. The van der Waals surface area contributed by atoms with E-state index in [0.29, 0.717) is 6.61 Å². The quantitative estimate of drug-likeness (QED) is 0.820. The van der Waals surface area contributed by atoms with Crippen molar-refractivity contribution in [1.29, 1.82) is 5.26 Å². The summed E-state index contributed by atoms with van der Waals surface area (Å²) >= 11 is 0. The van der Waals surface area contributed by atoms with Crippen molar-refractivity contribution in [1.82, 2.24) is 0 Å². The highest BCUT2D eigenvalue weighted by molar-refractivity contribution is 5.92. The van der Waals surface area contributed by atoms with Gasteiger partial charge in [0.05, 0.1) is 6.07 Å². The fraction of sp³-hybridized carbons (Fsp3) is 0.467. The van der Waals surface area contributed by atoms with E-state index >= 15 is 0 Å². The van der Waals surface area contributed by atoms with Gasteiger partial charge in [-0.25, -0.2) is 0 Å². The molecule has 1 aliphatic rings. The van der Waals surface area contributed by atoms with Crippen LogP contribution >= 0.6 is 0 Å². The van der Waals surface area contributed by atoms with Gasteiger partial charge in [0.1, 0.15) is 12.0 Å². The maximum absolute atomic E-state index is 12.2. The summed E-state index contributed by atoms with van der Waals surface area (Å²) in [4.78, 5) is 12.2. The first-order chi connectivity index (χ1) is 8.63. The van der Waals surface area contributed by atoms with Gasteiger partial charge < -0.3 is 4.74 Å². The lowest BCUT2D eigenvalue weighted by atomic mass is 9.90. The van der Waals surface area contributed by atoms with Crippen molar-refractivity contribution < 1.29 is 9.53 Å². The average Bonchev–Trinajstić information content (AvgIpc) is 2.88. The summed E-state index contributed by atoms with van der Waals surface area (Å²) in [6.07, 6.45) is 1.25. The third-order valence-electron chi connectivity index (χ3n) is 3.52. The minimum Gasteiger partial charge on any atom is -0.370 e. The number of nitriles is 1. The lowest BCUT2D eigenvalue weighted by Gasteiger charge is -2.14. The second-order valence-electron chi connectivity index (χ2n) is 4.81. The number of hydrogen-bond acceptors (Lipinski definition) is 3. The van der Waals surface area contributed by atoms with Crippen LogP contribution in [0.3, 0.4) is 0 Å². The molecule has 2 unspecified atom stereocenters. The van der Waals surface area contributed by atoms with Gasteiger partial charge in [-0.1, -0.05) is 18.2 Å². The molecule has 0 saturated carbocycles. The van der Waals surface area contributed by atoms with Gasteiger partial charge in [-0.05, 0) is 43.4 Å². The number of carbonyl (C=O) groups is 1. The smallest absolute Gasteiger partial charge is 0.183 e. The number of hydrogen-bond donors (Lipinski definition) is 0. The second-order valence-corrected chi connectivity index (χ2v) is 4.81. The van der Waals surface area contributed by atoms with Crippen LogP contribution in [0.15, 0.2) is 18.2 Å². The highest BCUT2D eigenvalue weighted by atomic mass is 16.5. The highest BCUT2D eigenvalue weighted by Gasteiger charge is 2.31. The van der Waals surface area contributed by atoms with Crippen molar-refractivity contribution in [2.24, 2.45) is 0 Å². The Morgan fingerprint density at radius 3 is 2.78 bits per heavy atom. The van der Waals surface area contributed by atoms with E-state index in [1.54, 1.807) is 0 Å². The number of nitrogens with zero attached hydrogens (tertiary/aromatic N) is 1. The minimum atomic E-state index is -0.701. The molecule has 18 heavy (non-hydrogen) atoms. The van der Waals surface area contributed by atoms with Gasteiger partial charge in [0.25, 0.3) is 0 Å². The van der Waals surface area contributed by atoms with Crippen molar-refractivity contribution in [3.05, 3.63) is 34.9 Å². The van der Waals surface area contributed by atoms with Crippen LogP contribution < -0.4 is 0 Å². The first-order valence-corrected chi connectivity index (χ1v) is 6.25. The second kappa shape index (κ2) is 5.32. The Balaban J connectivity index is 2.25. The maximum atomic E-state index is 12.2. The van der Waals surface area contributed by atoms with Crippen LogP contribution in [0.5, 0.6) is 0 Å². The van der Waals surface area contributed by atoms with E-state index in [9.17, 15) is 10.1 Å². The molecule has 1 aliphatic heterocycles. The molecular formula is C15H17NO2. The Hall–Kier alpha value is -1.66. The van der Waals surface area contributed by atoms with Gasteiger partial charge in [0.15, 0.2) is 5.78 Å². The lowest BCUT2D eigenvalue weighted by Crippen LogP contribution is -2.25. The molecule has 3 heteroatoms. The molecule has 0 spiro atoms. The molecule has 1 fully saturated rings. The monoisotopic (exact) mass is 243 g/mol. The normalized spacial score (nSPS) is 20.4. The van der Waals surface area contributed by atoms with Gasteiger partial charge in [0, 0.05) is 6.61 Å². The van der Waals surface area contributed by atoms with Crippen molar-refractivity contribution in [2.75, 3.05) is 6.61 Å². The standard InChI is InChI=1S/C15H17NO2/c1-10-5-6-12(8-11(10)2)13(9-16)15(17)14-4-3-7-18-14/h5-6,8,13-14H,3-4,7H2,1-2H3. The third kappa shape index (κ3) is 2.44. The summed E-state index contributed by atoms with van der Waals surface area (Å²) in [6, 6.07) is 7.86. The summed E-state index contributed by atoms with van der Waals surface area (Å²) in [7, 11) is 0. The Morgan fingerprint density at radius 1 is 1.44 bits per heavy atom. The molecule has 94 valence electrons. The zero-order valence-electron chi connectivity index (χ0n) is 10.8. The Labute approximate surface area is 107 Å². The number of benzene rings is 1. The molecule has 0 radical (unpaired) electrons. The maximum Gasteiger partial charge on any atom is 0.183 e. The fourth-order valence-corrected chi connectivity index (χ4v) is 2.23. The molecule has 0 bridgehead atoms. The Kier molecular flexibility index (Phi) is 3.78. The summed E-state index contributed by atoms with van der Waals surface area (Å²) in [5.41, 5.74) is 3.05. The molecule has 1 saturated heterocycles. The predicted molar refractivity (Wildman–Crippen MR) is 68.3 cm³/mol. The molecule has 1 heterocycles. The highest BCUT2D eigenvalue weighted by Crippen LogP contribution is 2.25. The van der Waals surface area contributed by atoms with Crippen LogP contribution in [0.25, 0.3) is 0 Å². The molecule has 2 rings (SSSR count). The molecule has 0 N–H and O–H groups in total. The number of rotatable bonds is 3. The van der Waals surface area contributed by atoms with E-state index in [4.69, 9.17) is 4.74 Å². The minimum absolute atomic E-state index is 0.0988. The fourth-order valence-electron chi connectivity index (χ4n) is 2.23. The van der Waals surface area contributed by atoms with Gasteiger partial charge >= 0.3 is 0 Å². The van der Waals surface area contributed by atoms with Crippen LogP contribution in [-0.4, -0.2) is 18.5 Å². The first kappa shape index (κ1) is 12.8. The largest absolute Gasteiger partial charge is 0.370 e. The summed E-state index contributed by atoms with van der Waals surface area (Å²) in [5.74, 6) is -0.800. The topological polar surface area (TPSA) is 50.1 Å². The Bertz CT molecular complexity index is 496. The molecule has 0 aromatic heterocycles. The van der Waals surface area contributed by atoms with Gasteiger partial charge in [-0.3, -0.25) is 4.79 Å². The van der Waals surface area contributed by atoms with Crippen molar-refractivity contribution in [3.8, 4) is 6.07 Å². The van der Waals surface area contributed by atoms with E-state index in [0.717, 1.165) is 24.0 Å². The molecule has 2 atom stereocenters. The Morgan fingerprint density at radius 2 is 2.22 bits per heavy atom. The van der Waals surface area contributed by atoms with E-state index in [1.165, 1.54) is 5.56 Å². The molecule has 1 aromatic carbocycles. The van der Waals surface area contributed by atoms with Gasteiger partial charge in [-0.15, -0.1) is 0 Å². The van der Waals surface area contributed by atoms with Gasteiger partial charge in [-0.2, -0.15) is 5.26 Å². The molecule has 1 aromatic rings. The van der Waals surface area contributed by atoms with Crippen LogP contribution in [0, 0.1) is 25.2 Å². The lowest BCUT2D eigenvalue weighted by molar-refractivity contribution is -0.128. The van der Waals surface area contributed by atoms with Crippen molar-refractivity contribution >= 4 is 5.78 Å². The van der Waals surface area contributed by atoms with Crippen molar-refractivity contribution in [2.45, 2.75) is 38.7 Å². The molecule has 3 nitrogen and oxygen atoms in total. The van der Waals surface area contributed by atoms with Crippen LogP contribution in [0.2, 0.25) is 0 Å². The number of aryl methyl sites for hydroxylation is 2. The van der Waals surface area contributed by atoms with E-state index in [1.807, 2.05) is 32.0 Å². The molecular weight excluding hydrogens is 226 g/mol. The predicted octanol–water partition coefficient (Wildman–Crippen LogP) is 2.66. The summed E-state index contributed by atoms with van der Waals surface area (Å²) < 4.78 is 5.37. The number of carbonyl (C=O) groups excluding carboxylic acids is 1.